The average Bonchev–Trinajstić information content (AvgIpc) is 2.46. The van der Waals surface area contributed by atoms with Gasteiger partial charge in [-0.3, -0.25) is 10.3 Å². The van der Waals surface area contributed by atoms with Gasteiger partial charge >= 0.3 is 6.18 Å². The Bertz CT molecular complexity index is 680. The van der Waals surface area contributed by atoms with Crippen molar-refractivity contribution >= 4 is 11.8 Å². The maximum absolute atomic E-state index is 13.2. The van der Waals surface area contributed by atoms with Crippen molar-refractivity contribution in [2.45, 2.75) is 6.18 Å². The molecule has 0 aromatic heterocycles. The number of nitrogens with one attached hydrogen (secondary N) is 1. The van der Waals surface area contributed by atoms with Gasteiger partial charge in [-0.1, -0.05) is 24.3 Å². The lowest BCUT2D eigenvalue weighted by Gasteiger charge is -2.12. The zero-order valence-corrected chi connectivity index (χ0v) is 11.6. The predicted molar refractivity (Wildman–Crippen MR) is 75.9 cm³/mol. The first kappa shape index (κ1) is 16.0. The molecular formula is C16H13F4NO. The number of alkyl halides is 3. The van der Waals surface area contributed by atoms with Gasteiger partial charge in [-0.15, -0.1) is 0 Å². The van der Waals surface area contributed by atoms with E-state index in [1.807, 2.05) is 0 Å². The van der Waals surface area contributed by atoms with E-state index in [9.17, 15) is 17.6 Å². The Kier molecular flexibility index (Phi) is 4.82. The Morgan fingerprint density at radius 1 is 1.09 bits per heavy atom. The lowest BCUT2D eigenvalue weighted by Crippen LogP contribution is -2.11. The second kappa shape index (κ2) is 6.62. The van der Waals surface area contributed by atoms with Crippen LogP contribution in [0.3, 0.4) is 0 Å². The van der Waals surface area contributed by atoms with Gasteiger partial charge in [-0.2, -0.15) is 13.2 Å². The summed E-state index contributed by atoms with van der Waals surface area (Å²) in [6.45, 7) is 0. The lowest BCUT2D eigenvalue weighted by molar-refractivity contribution is -0.137. The molecule has 0 saturated carbocycles. The summed E-state index contributed by atoms with van der Waals surface area (Å²) in [5.74, 6) is -0.436. The van der Waals surface area contributed by atoms with Crippen LogP contribution in [0.25, 0.3) is 11.8 Å². The highest BCUT2D eigenvalue weighted by Gasteiger charge is 2.30. The van der Waals surface area contributed by atoms with E-state index in [0.29, 0.717) is 11.3 Å². The van der Waals surface area contributed by atoms with Crippen molar-refractivity contribution < 1.29 is 22.4 Å². The van der Waals surface area contributed by atoms with E-state index in [-0.39, 0.29) is 5.56 Å². The van der Waals surface area contributed by atoms with Crippen molar-refractivity contribution in [3.63, 3.8) is 0 Å². The van der Waals surface area contributed by atoms with Crippen molar-refractivity contribution in [1.29, 1.82) is 0 Å². The smallest absolute Gasteiger partial charge is 0.279 e. The van der Waals surface area contributed by atoms with E-state index in [2.05, 4.69) is 5.48 Å². The SMILES string of the molecule is CONC(=Cc1cccc(F)c1)c1cccc(C(F)(F)F)c1. The molecule has 2 aromatic rings. The average molecular weight is 311 g/mol. The molecule has 0 aliphatic carbocycles. The molecule has 0 radical (unpaired) electrons. The fourth-order valence-electron chi connectivity index (χ4n) is 1.91. The lowest BCUT2D eigenvalue weighted by atomic mass is 10.1. The van der Waals surface area contributed by atoms with E-state index in [1.165, 1.54) is 43.5 Å². The number of halogens is 4. The molecule has 0 unspecified atom stereocenters. The summed E-state index contributed by atoms with van der Waals surface area (Å²) in [5.41, 5.74) is 2.81. The van der Waals surface area contributed by atoms with Crippen molar-refractivity contribution in [2.75, 3.05) is 7.11 Å². The van der Waals surface area contributed by atoms with Crippen LogP contribution in [0.4, 0.5) is 17.6 Å². The highest BCUT2D eigenvalue weighted by Crippen LogP contribution is 2.31. The second-order valence-corrected chi connectivity index (χ2v) is 4.50. The van der Waals surface area contributed by atoms with Gasteiger partial charge in [0, 0.05) is 5.56 Å². The first-order valence-corrected chi connectivity index (χ1v) is 6.34. The normalized spacial score (nSPS) is 12.3. The molecule has 1 N–H and O–H groups in total. The molecule has 0 aliphatic rings. The summed E-state index contributed by atoms with van der Waals surface area (Å²) in [7, 11) is 1.34. The van der Waals surface area contributed by atoms with Gasteiger partial charge in [-0.05, 0) is 35.9 Å². The first-order valence-electron chi connectivity index (χ1n) is 6.34. The summed E-state index contributed by atoms with van der Waals surface area (Å²) < 4.78 is 51.5. The van der Waals surface area contributed by atoms with E-state index in [0.717, 1.165) is 12.1 Å². The molecule has 0 fully saturated rings. The Morgan fingerprint density at radius 3 is 2.45 bits per heavy atom. The molecule has 0 aliphatic heterocycles. The maximum atomic E-state index is 13.2. The second-order valence-electron chi connectivity index (χ2n) is 4.50. The number of hydroxylamine groups is 1. The molecule has 0 saturated heterocycles. The van der Waals surface area contributed by atoms with Crippen LogP contribution in [0, 0.1) is 5.82 Å². The van der Waals surface area contributed by atoms with E-state index >= 15 is 0 Å². The van der Waals surface area contributed by atoms with Crippen LogP contribution >= 0.6 is 0 Å². The number of hydrogen-bond acceptors (Lipinski definition) is 2. The summed E-state index contributed by atoms with van der Waals surface area (Å²) in [6, 6.07) is 10.5. The molecule has 0 amide bonds. The van der Waals surface area contributed by atoms with Crippen molar-refractivity contribution in [1.82, 2.24) is 5.48 Å². The highest BCUT2D eigenvalue weighted by atomic mass is 19.4. The fraction of sp³-hybridized carbons (Fsp3) is 0.125. The molecule has 116 valence electrons. The van der Waals surface area contributed by atoms with E-state index < -0.39 is 17.6 Å². The third-order valence-electron chi connectivity index (χ3n) is 2.87. The zero-order chi connectivity index (χ0) is 16.2. The molecule has 2 aromatic carbocycles. The first-order chi connectivity index (χ1) is 10.4. The standard InChI is InChI=1S/C16H13F4NO/c1-22-21-15(9-11-4-2-7-14(17)8-11)12-5-3-6-13(10-12)16(18,19)20/h2-10,21H,1H3. The third-order valence-corrected chi connectivity index (χ3v) is 2.87. The number of rotatable bonds is 4. The molecule has 0 bridgehead atoms. The maximum Gasteiger partial charge on any atom is 0.416 e. The van der Waals surface area contributed by atoms with Crippen LogP contribution in [0.15, 0.2) is 48.5 Å². The van der Waals surface area contributed by atoms with Gasteiger partial charge in [-0.25, -0.2) is 4.39 Å². The van der Waals surface area contributed by atoms with Crippen LogP contribution in [-0.4, -0.2) is 7.11 Å². The van der Waals surface area contributed by atoms with Gasteiger partial charge in [0.05, 0.1) is 18.4 Å². The van der Waals surface area contributed by atoms with Gasteiger partial charge in [0.15, 0.2) is 0 Å². The van der Waals surface area contributed by atoms with E-state index in [4.69, 9.17) is 4.84 Å². The zero-order valence-electron chi connectivity index (χ0n) is 11.6. The Morgan fingerprint density at radius 2 is 1.82 bits per heavy atom. The molecule has 2 rings (SSSR count). The summed E-state index contributed by atoms with van der Waals surface area (Å²) in [4.78, 5) is 4.79. The minimum absolute atomic E-state index is 0.279. The van der Waals surface area contributed by atoms with Crippen molar-refractivity contribution in [3.8, 4) is 0 Å². The molecule has 2 nitrogen and oxygen atoms in total. The Balaban J connectivity index is 2.44. The summed E-state index contributed by atoms with van der Waals surface area (Å²) >= 11 is 0. The van der Waals surface area contributed by atoms with Gasteiger partial charge in [0.25, 0.3) is 0 Å². The van der Waals surface area contributed by atoms with Crippen LogP contribution in [-0.2, 0) is 11.0 Å². The van der Waals surface area contributed by atoms with Gasteiger partial charge in [0.2, 0.25) is 0 Å². The van der Waals surface area contributed by atoms with Crippen molar-refractivity contribution in [3.05, 3.63) is 71.0 Å². The predicted octanol–water partition coefficient (Wildman–Crippen LogP) is 4.49. The van der Waals surface area contributed by atoms with Crippen LogP contribution < -0.4 is 5.48 Å². The van der Waals surface area contributed by atoms with Gasteiger partial charge < -0.3 is 0 Å². The quantitative estimate of drug-likeness (QED) is 0.510. The minimum Gasteiger partial charge on any atom is -0.279 e. The Hall–Kier alpha value is -2.34. The fourth-order valence-corrected chi connectivity index (χ4v) is 1.91. The van der Waals surface area contributed by atoms with Crippen LogP contribution in [0.2, 0.25) is 0 Å². The van der Waals surface area contributed by atoms with Crippen LogP contribution in [0.5, 0.6) is 0 Å². The third kappa shape index (κ3) is 4.08. The monoisotopic (exact) mass is 311 g/mol. The highest BCUT2D eigenvalue weighted by molar-refractivity contribution is 5.80. The molecule has 6 heteroatoms. The molecule has 0 atom stereocenters. The molecule has 0 spiro atoms. The van der Waals surface area contributed by atoms with Crippen LogP contribution in [0.1, 0.15) is 16.7 Å². The summed E-state index contributed by atoms with van der Waals surface area (Å²) in [6.07, 6.45) is -2.94. The summed E-state index contributed by atoms with van der Waals surface area (Å²) in [5, 5.41) is 0. The Labute approximate surface area is 125 Å². The van der Waals surface area contributed by atoms with Gasteiger partial charge in [0.1, 0.15) is 5.82 Å². The van der Waals surface area contributed by atoms with Crippen molar-refractivity contribution in [2.24, 2.45) is 0 Å². The topological polar surface area (TPSA) is 21.3 Å². The molecule has 22 heavy (non-hydrogen) atoms. The number of benzene rings is 2. The van der Waals surface area contributed by atoms with E-state index in [1.54, 1.807) is 6.07 Å². The largest absolute Gasteiger partial charge is 0.416 e. The molecule has 0 heterocycles. The number of hydrogen-bond donors (Lipinski definition) is 1. The minimum atomic E-state index is -4.44. The molecular weight excluding hydrogens is 298 g/mol.